The molecule has 0 unspecified atom stereocenters. The summed E-state index contributed by atoms with van der Waals surface area (Å²) in [6, 6.07) is 13.6. The molecule has 2 heteroatoms. The van der Waals surface area contributed by atoms with Gasteiger partial charge < -0.3 is 0 Å². The van der Waals surface area contributed by atoms with Crippen molar-refractivity contribution < 1.29 is 0 Å². The van der Waals surface area contributed by atoms with E-state index in [9.17, 15) is 0 Å². The monoisotopic (exact) mass is 425 g/mol. The maximum atomic E-state index is 4.25. The molecule has 30 heavy (non-hydrogen) atoms. The van der Waals surface area contributed by atoms with E-state index in [1.807, 2.05) is 45.7 Å². The van der Waals surface area contributed by atoms with Crippen molar-refractivity contribution in [2.24, 2.45) is 4.99 Å². The number of aliphatic imine (C=N–C) groups is 1. The predicted molar refractivity (Wildman–Crippen MR) is 139 cm³/mol. The highest BCUT2D eigenvalue weighted by molar-refractivity contribution is 7.98. The van der Waals surface area contributed by atoms with Crippen LogP contribution in [-0.4, -0.2) is 6.21 Å². The van der Waals surface area contributed by atoms with E-state index in [0.717, 1.165) is 6.54 Å². The summed E-state index contributed by atoms with van der Waals surface area (Å²) < 4.78 is 0. The van der Waals surface area contributed by atoms with Crippen LogP contribution >= 0.6 is 11.8 Å². The number of thioether (sulfide) groups is 1. The molecule has 0 fully saturated rings. The number of fused-ring (bicyclic) bond motifs is 2. The summed E-state index contributed by atoms with van der Waals surface area (Å²) in [6.07, 6.45) is 1.98. The SMILES string of the molecule is CC.CC.CC(C)(C)c1ccc2c(c1)C=NC2.CC(C)(C)c1ccc2c(c1)CSC2. The van der Waals surface area contributed by atoms with Crippen LogP contribution < -0.4 is 0 Å². The van der Waals surface area contributed by atoms with Gasteiger partial charge in [0.05, 0.1) is 6.54 Å². The third kappa shape index (κ3) is 7.30. The second kappa shape index (κ2) is 11.7. The molecule has 166 valence electrons. The van der Waals surface area contributed by atoms with E-state index < -0.39 is 0 Å². The third-order valence-corrected chi connectivity index (χ3v) is 6.12. The number of hydrogen-bond acceptors (Lipinski definition) is 2. The molecule has 0 bridgehead atoms. The zero-order valence-electron chi connectivity index (χ0n) is 21.0. The van der Waals surface area contributed by atoms with Crippen molar-refractivity contribution in [1.29, 1.82) is 0 Å². The van der Waals surface area contributed by atoms with Crippen LogP contribution in [0.1, 0.15) is 103 Å². The van der Waals surface area contributed by atoms with Gasteiger partial charge in [-0.25, -0.2) is 0 Å². The Hall–Kier alpha value is -1.54. The van der Waals surface area contributed by atoms with Crippen LogP contribution in [0, 0.1) is 0 Å². The largest absolute Gasteiger partial charge is 0.288 e. The zero-order chi connectivity index (χ0) is 22.9. The Morgan fingerprint density at radius 3 is 1.73 bits per heavy atom. The highest BCUT2D eigenvalue weighted by atomic mass is 32.2. The Balaban J connectivity index is 0.000000258. The van der Waals surface area contributed by atoms with E-state index in [1.54, 1.807) is 5.56 Å². The summed E-state index contributed by atoms with van der Waals surface area (Å²) in [5.41, 5.74) is 9.14. The molecule has 0 saturated heterocycles. The molecule has 2 heterocycles. The van der Waals surface area contributed by atoms with Crippen LogP contribution in [0.15, 0.2) is 41.4 Å². The van der Waals surface area contributed by atoms with Gasteiger partial charge >= 0.3 is 0 Å². The Morgan fingerprint density at radius 1 is 0.667 bits per heavy atom. The summed E-state index contributed by atoms with van der Waals surface area (Å²) in [5, 5.41) is 0. The Labute approximate surface area is 190 Å². The minimum absolute atomic E-state index is 0.242. The van der Waals surface area contributed by atoms with Crippen LogP contribution in [0.3, 0.4) is 0 Å². The van der Waals surface area contributed by atoms with E-state index in [1.165, 1.54) is 39.3 Å². The molecule has 0 amide bonds. The van der Waals surface area contributed by atoms with Gasteiger partial charge in [-0.2, -0.15) is 11.8 Å². The molecular formula is C28H43NS. The molecule has 2 aromatic carbocycles. The van der Waals surface area contributed by atoms with Crippen molar-refractivity contribution in [3.05, 3.63) is 69.8 Å². The molecule has 0 N–H and O–H groups in total. The van der Waals surface area contributed by atoms with Crippen molar-refractivity contribution in [1.82, 2.24) is 0 Å². The number of hydrogen-bond donors (Lipinski definition) is 0. The minimum atomic E-state index is 0.242. The lowest BCUT2D eigenvalue weighted by Gasteiger charge is -2.19. The molecule has 4 rings (SSSR count). The first-order chi connectivity index (χ1) is 14.1. The van der Waals surface area contributed by atoms with Gasteiger partial charge in [0.1, 0.15) is 0 Å². The van der Waals surface area contributed by atoms with Crippen LogP contribution in [0.2, 0.25) is 0 Å². The topological polar surface area (TPSA) is 12.4 Å². The van der Waals surface area contributed by atoms with E-state index >= 15 is 0 Å². The molecule has 2 aliphatic rings. The summed E-state index contributed by atoms with van der Waals surface area (Å²) in [6.45, 7) is 22.4. The molecule has 0 spiro atoms. The van der Waals surface area contributed by atoms with Gasteiger partial charge in [0.25, 0.3) is 0 Å². The van der Waals surface area contributed by atoms with Crippen molar-refractivity contribution in [3.8, 4) is 0 Å². The molecule has 0 atom stereocenters. The Morgan fingerprint density at radius 2 is 1.17 bits per heavy atom. The van der Waals surface area contributed by atoms with Crippen LogP contribution in [0.4, 0.5) is 0 Å². The molecule has 2 aliphatic heterocycles. The van der Waals surface area contributed by atoms with E-state index in [2.05, 4.69) is 82.9 Å². The molecule has 0 aliphatic carbocycles. The second-order valence-corrected chi connectivity index (χ2v) is 10.3. The van der Waals surface area contributed by atoms with E-state index in [0.29, 0.717) is 5.41 Å². The second-order valence-electron chi connectivity index (χ2n) is 9.36. The maximum absolute atomic E-state index is 4.25. The highest BCUT2D eigenvalue weighted by Crippen LogP contribution is 2.33. The van der Waals surface area contributed by atoms with Gasteiger partial charge in [0, 0.05) is 17.7 Å². The molecule has 0 aromatic heterocycles. The average Bonchev–Trinajstić information content (AvgIpc) is 3.38. The summed E-state index contributed by atoms with van der Waals surface area (Å²) in [7, 11) is 0. The van der Waals surface area contributed by atoms with Gasteiger partial charge in [-0.15, -0.1) is 0 Å². The summed E-state index contributed by atoms with van der Waals surface area (Å²) in [4.78, 5) is 4.25. The minimum Gasteiger partial charge on any atom is -0.288 e. The normalized spacial score (nSPS) is 13.7. The van der Waals surface area contributed by atoms with Crippen molar-refractivity contribution in [2.75, 3.05) is 0 Å². The van der Waals surface area contributed by atoms with E-state index in [4.69, 9.17) is 0 Å². The number of benzene rings is 2. The standard InChI is InChI=1S/C12H15N.C12H16S.2C2H6/c2*1-12(2,3)11-5-4-9-7-13-8-10(9)6-11;2*1-2/h4-6,8H,7H2,1-3H3;4-6H,7-8H2,1-3H3;2*1-2H3. The first kappa shape index (κ1) is 26.5. The van der Waals surface area contributed by atoms with Gasteiger partial charge in [-0.05, 0) is 50.3 Å². The van der Waals surface area contributed by atoms with Gasteiger partial charge in [0.15, 0.2) is 0 Å². The molecule has 0 saturated carbocycles. The smallest absolute Gasteiger partial charge is 0.0646 e. The lowest BCUT2D eigenvalue weighted by molar-refractivity contribution is 0.589. The van der Waals surface area contributed by atoms with Gasteiger partial charge in [-0.3, -0.25) is 4.99 Å². The van der Waals surface area contributed by atoms with Crippen molar-refractivity contribution in [2.45, 2.75) is 98.1 Å². The Kier molecular flexibility index (Phi) is 10.4. The van der Waals surface area contributed by atoms with E-state index in [-0.39, 0.29) is 5.41 Å². The molecular weight excluding hydrogens is 382 g/mol. The quantitative estimate of drug-likeness (QED) is 0.411. The lowest BCUT2D eigenvalue weighted by atomic mass is 9.85. The van der Waals surface area contributed by atoms with Crippen LogP contribution in [0.25, 0.3) is 0 Å². The summed E-state index contributed by atoms with van der Waals surface area (Å²) >= 11 is 2.02. The van der Waals surface area contributed by atoms with Crippen LogP contribution in [0.5, 0.6) is 0 Å². The van der Waals surface area contributed by atoms with Crippen molar-refractivity contribution >= 4 is 18.0 Å². The molecule has 1 nitrogen and oxygen atoms in total. The van der Waals surface area contributed by atoms with Gasteiger partial charge in [0.2, 0.25) is 0 Å². The highest BCUT2D eigenvalue weighted by Gasteiger charge is 2.18. The zero-order valence-corrected chi connectivity index (χ0v) is 21.8. The fourth-order valence-electron chi connectivity index (χ4n) is 3.21. The number of rotatable bonds is 0. The fraction of sp³-hybridized carbons (Fsp3) is 0.536. The first-order valence-corrected chi connectivity index (χ1v) is 12.6. The number of nitrogens with zero attached hydrogens (tertiary/aromatic N) is 1. The van der Waals surface area contributed by atoms with Crippen molar-refractivity contribution in [3.63, 3.8) is 0 Å². The molecule has 2 aromatic rings. The Bertz CT molecular complexity index is 814. The van der Waals surface area contributed by atoms with Gasteiger partial charge in [-0.1, -0.05) is 99.6 Å². The third-order valence-electron chi connectivity index (χ3n) is 5.09. The average molecular weight is 426 g/mol. The first-order valence-electron chi connectivity index (χ1n) is 11.5. The van der Waals surface area contributed by atoms with Crippen LogP contribution in [-0.2, 0) is 28.9 Å². The molecule has 0 radical (unpaired) electrons. The predicted octanol–water partition coefficient (Wildman–Crippen LogP) is 8.70. The maximum Gasteiger partial charge on any atom is 0.0646 e. The lowest BCUT2D eigenvalue weighted by Crippen LogP contribution is -2.11. The summed E-state index contributed by atoms with van der Waals surface area (Å²) in [5.74, 6) is 2.42. The fourth-order valence-corrected chi connectivity index (χ4v) is 4.30.